The molecule has 4 aromatic carbocycles. The predicted molar refractivity (Wildman–Crippen MR) is 212 cm³/mol. The van der Waals surface area contributed by atoms with E-state index in [1.165, 1.54) is 0 Å². The molecule has 6 aromatic rings. The van der Waals surface area contributed by atoms with Crippen LogP contribution in [0.2, 0.25) is 0 Å². The number of phenolic OH excluding ortho intramolecular Hbond substituents is 2. The fourth-order valence-corrected chi connectivity index (χ4v) is 6.25. The van der Waals surface area contributed by atoms with E-state index in [0.29, 0.717) is 11.1 Å². The molecule has 2 heterocycles. The second-order valence-corrected chi connectivity index (χ2v) is 12.5. The van der Waals surface area contributed by atoms with Crippen molar-refractivity contribution in [2.75, 3.05) is 14.2 Å². The minimum Gasteiger partial charge on any atom is -0.744 e. The van der Waals surface area contributed by atoms with Gasteiger partial charge in [-0.2, -0.15) is 0 Å². The summed E-state index contributed by atoms with van der Waals surface area (Å²) in [4.78, 5) is 22.7. The molecule has 0 saturated heterocycles. The monoisotopic (exact) mass is 939 g/mol. The van der Waals surface area contributed by atoms with E-state index in [-0.39, 0.29) is 94.2 Å². The summed E-state index contributed by atoms with van der Waals surface area (Å²) < 4.78 is 88.9. The van der Waals surface area contributed by atoms with Gasteiger partial charge in [-0.3, -0.25) is 9.59 Å². The van der Waals surface area contributed by atoms with Gasteiger partial charge in [-0.1, -0.05) is 60.7 Å². The molecule has 28 N–H and O–H groups in total. The van der Waals surface area contributed by atoms with E-state index in [1.54, 1.807) is 60.7 Å². The summed E-state index contributed by atoms with van der Waals surface area (Å²) in [5.41, 5.74) is -0.308. The minimum absolute atomic E-state index is 0. The predicted octanol–water partition coefficient (Wildman–Crippen LogP) is -4.68. The van der Waals surface area contributed by atoms with Crippen molar-refractivity contribution < 1.29 is 126 Å². The van der Waals surface area contributed by atoms with Gasteiger partial charge in [0.25, 0.3) is 0 Å². The minimum atomic E-state index is -5.05. The van der Waals surface area contributed by atoms with Gasteiger partial charge in [0.2, 0.25) is 0 Å². The maximum absolute atomic E-state index is 12.3. The maximum atomic E-state index is 12.3. The van der Waals surface area contributed by atoms with Gasteiger partial charge in [0.05, 0.1) is 14.2 Å². The molecule has 0 spiro atoms. The Morgan fingerprint density at radius 1 is 0.525 bits per heavy atom. The van der Waals surface area contributed by atoms with Gasteiger partial charge in [0, 0.05) is 35.4 Å². The number of fused-ring (bicyclic) bond motifs is 2. The van der Waals surface area contributed by atoms with Gasteiger partial charge in [-0.25, -0.2) is 16.8 Å². The topological polar surface area (TPSA) is 558 Å². The number of methoxy groups -OCH3 is 2. The van der Waals surface area contributed by atoms with Crippen molar-refractivity contribution >= 4 is 42.2 Å². The van der Waals surface area contributed by atoms with Crippen LogP contribution in [0.25, 0.3) is 44.6 Å². The molecule has 0 amide bonds. The molecule has 1 radical (unpaired) electrons. The van der Waals surface area contributed by atoms with Crippen LogP contribution in [0.3, 0.4) is 0 Å². The van der Waals surface area contributed by atoms with E-state index in [4.69, 9.17) is 18.3 Å². The zero-order valence-corrected chi connectivity index (χ0v) is 33.2. The molecule has 59 heavy (non-hydrogen) atoms. The van der Waals surface area contributed by atoms with Gasteiger partial charge in [0.15, 0.2) is 22.4 Å². The standard InChI is InChI=1S/2C16H12O7S.Co.10H2O/c2*1-22-13-8-12-14(15(18)16(13)24(19,20)21)10(17)7-11(23-12)9-5-3-2-4-6-9;;;;;;;;;;;/h2*2-8,18H,1H3,(H,19,20,21);;10*1H2/q;;+2;;;;;;;;;;/p+4. The Hall–Kier alpha value is -5.57. The van der Waals surface area contributed by atoms with Crippen LogP contribution in [0.15, 0.2) is 113 Å². The molecule has 335 valence electrons. The van der Waals surface area contributed by atoms with E-state index in [1.807, 2.05) is 0 Å². The van der Waals surface area contributed by atoms with Gasteiger partial charge < -0.3 is 92.4 Å². The van der Waals surface area contributed by atoms with Crippen LogP contribution in [0, 0.1) is 0 Å². The van der Waals surface area contributed by atoms with Crippen molar-refractivity contribution in [3.63, 3.8) is 0 Å². The Morgan fingerprint density at radius 3 is 1.03 bits per heavy atom. The van der Waals surface area contributed by atoms with E-state index in [2.05, 4.69) is 0 Å². The molecule has 6 rings (SSSR count). The molecule has 2 aromatic heterocycles. The molecule has 0 bridgehead atoms. The van der Waals surface area contributed by atoms with Crippen molar-refractivity contribution in [2.45, 2.75) is 9.79 Å². The summed E-state index contributed by atoms with van der Waals surface area (Å²) in [6.07, 6.45) is 0. The number of benzene rings is 4. The van der Waals surface area contributed by atoms with E-state index in [9.17, 15) is 45.7 Å². The zero-order valence-electron chi connectivity index (χ0n) is 30.5. The number of phenols is 2. The second-order valence-electron chi connectivity index (χ2n) is 9.85. The summed E-state index contributed by atoms with van der Waals surface area (Å²) >= 11 is 0. The van der Waals surface area contributed by atoms with Crippen molar-refractivity contribution in [3.05, 3.63) is 105 Å². The second kappa shape index (κ2) is 26.4. The molecule has 27 heteroatoms. The van der Waals surface area contributed by atoms with E-state index >= 15 is 0 Å². The van der Waals surface area contributed by atoms with Gasteiger partial charge >= 0.3 is 16.8 Å². The van der Waals surface area contributed by atoms with E-state index in [0.717, 1.165) is 38.5 Å². The van der Waals surface area contributed by atoms with Crippen molar-refractivity contribution in [1.29, 1.82) is 0 Å². The molecule has 0 atom stereocenters. The van der Waals surface area contributed by atoms with Crippen LogP contribution < -0.4 is 20.3 Å². The smallest absolute Gasteiger partial charge is 0.744 e. The first-order chi connectivity index (χ1) is 22.6. The molecule has 24 nitrogen and oxygen atoms in total. The van der Waals surface area contributed by atoms with Crippen LogP contribution in [0.5, 0.6) is 23.0 Å². The van der Waals surface area contributed by atoms with E-state index < -0.39 is 74.7 Å². The summed E-state index contributed by atoms with van der Waals surface area (Å²) in [6, 6.07) is 21.9. The molecule has 0 aliphatic carbocycles. The molecule has 0 aliphatic heterocycles. The SMILES string of the molecule is COc1cc2oc(-c3ccccc3)cc(=O)c2c(O)c1S(=O)(=O)[O-].COc1cc2oc(-c3ccccc3)cc(=O)c2c(O)c1S(=O)(=O)[O-].O.O.O.O.[Co+2].[OH3+].[OH3+].[OH3+].[OH3+].[OH3+].[OH3+]. The third-order valence-corrected chi connectivity index (χ3v) is 8.67. The molecule has 0 saturated carbocycles. The van der Waals surface area contributed by atoms with Crippen LogP contribution in [-0.4, -0.2) is 72.3 Å². The summed E-state index contributed by atoms with van der Waals surface area (Å²) in [5.74, 6) is -2.30. The molecular weight excluding hydrogens is 891 g/mol. The molecule has 0 unspecified atom stereocenters. The largest absolute Gasteiger partial charge is 2.00 e. The van der Waals surface area contributed by atoms with Crippen molar-refractivity contribution in [3.8, 4) is 45.6 Å². The Balaban J connectivity index is -0.000000155. The average Bonchev–Trinajstić information content (AvgIpc) is 3.03. The Bertz CT molecular complexity index is 2370. The zero-order chi connectivity index (χ0) is 35.0. The van der Waals surface area contributed by atoms with Gasteiger partial charge in [-0.05, 0) is 0 Å². The van der Waals surface area contributed by atoms with Crippen LogP contribution in [-0.2, 0) is 69.9 Å². The number of hydrogen-bond donors (Lipinski definition) is 2. The number of ether oxygens (including phenoxy) is 2. The summed E-state index contributed by atoms with van der Waals surface area (Å²) in [7, 11) is -7.84. The fraction of sp³-hybridized carbons (Fsp3) is 0.0625. The summed E-state index contributed by atoms with van der Waals surface area (Å²) in [6.45, 7) is 0. The number of hydrogen-bond acceptors (Lipinski definition) is 14. The van der Waals surface area contributed by atoms with Gasteiger partial charge in [0.1, 0.15) is 75.0 Å². The first-order valence-corrected chi connectivity index (χ1v) is 16.3. The Morgan fingerprint density at radius 2 is 0.797 bits per heavy atom. The summed E-state index contributed by atoms with van der Waals surface area (Å²) in [5, 5.41) is 19.4. The third-order valence-electron chi connectivity index (χ3n) is 6.88. The van der Waals surface area contributed by atoms with Crippen LogP contribution in [0.1, 0.15) is 0 Å². The normalized spacial score (nSPS) is 9.42. The van der Waals surface area contributed by atoms with Crippen LogP contribution in [0.4, 0.5) is 0 Å². The Labute approximate surface area is 342 Å². The average molecular weight is 940 g/mol. The van der Waals surface area contributed by atoms with Crippen LogP contribution >= 0.6 is 0 Å². The van der Waals surface area contributed by atoms with Crippen molar-refractivity contribution in [2.24, 2.45) is 0 Å². The first-order valence-electron chi connectivity index (χ1n) is 13.4. The number of rotatable bonds is 6. The molecule has 0 aliphatic rings. The van der Waals surface area contributed by atoms with Gasteiger partial charge in [-0.15, -0.1) is 0 Å². The van der Waals surface area contributed by atoms with Crippen molar-refractivity contribution in [1.82, 2.24) is 0 Å². The first kappa shape index (κ1) is 68.1. The molecule has 0 fully saturated rings. The maximum Gasteiger partial charge on any atom is 2.00 e. The number of aromatic hydroxyl groups is 2. The quantitative estimate of drug-likeness (QED) is 0.117. The fourth-order valence-electron chi connectivity index (χ4n) is 4.80. The Kier molecular flexibility index (Phi) is 30.5. The third kappa shape index (κ3) is 13.8. The molecular formula is C32H48CoO24S2+6.